The zero-order valence-electron chi connectivity index (χ0n) is 14.4. The van der Waals surface area contributed by atoms with Crippen LogP contribution in [-0.2, 0) is 4.74 Å². The molecule has 1 aliphatic heterocycles. The number of benzene rings is 1. The van der Waals surface area contributed by atoms with E-state index in [4.69, 9.17) is 4.74 Å². The average Bonchev–Trinajstić information content (AvgIpc) is 2.46. The molecular weight excluding hydrogens is 276 g/mol. The molecule has 4 nitrogen and oxygen atoms in total. The summed E-state index contributed by atoms with van der Waals surface area (Å²) in [6.07, 6.45) is -0.197. The van der Waals surface area contributed by atoms with Gasteiger partial charge in [-0.2, -0.15) is 0 Å². The lowest BCUT2D eigenvalue weighted by Gasteiger charge is -2.44. The summed E-state index contributed by atoms with van der Waals surface area (Å²) < 4.78 is 5.17. The van der Waals surface area contributed by atoms with Gasteiger partial charge in [-0.05, 0) is 44.4 Å². The van der Waals surface area contributed by atoms with Gasteiger partial charge in [0.05, 0.1) is 18.7 Å². The van der Waals surface area contributed by atoms with Crippen molar-refractivity contribution in [3.05, 3.63) is 29.8 Å². The number of ether oxygens (including phenoxy) is 1. The molecule has 1 aliphatic rings. The molecule has 1 fully saturated rings. The van der Waals surface area contributed by atoms with Gasteiger partial charge in [0.25, 0.3) is 0 Å². The van der Waals surface area contributed by atoms with Crippen LogP contribution in [0.2, 0.25) is 0 Å². The number of amides is 1. The van der Waals surface area contributed by atoms with Crippen molar-refractivity contribution in [1.29, 1.82) is 0 Å². The highest BCUT2D eigenvalue weighted by Gasteiger charge is 2.33. The van der Waals surface area contributed by atoms with Gasteiger partial charge in [-0.1, -0.05) is 26.0 Å². The summed E-state index contributed by atoms with van der Waals surface area (Å²) in [5, 5.41) is 0. The Morgan fingerprint density at radius 2 is 1.73 bits per heavy atom. The number of anilines is 1. The van der Waals surface area contributed by atoms with E-state index in [1.54, 1.807) is 0 Å². The molecular formula is C18H28N2O2. The van der Waals surface area contributed by atoms with Crippen molar-refractivity contribution in [1.82, 2.24) is 4.90 Å². The molecule has 4 heteroatoms. The smallest absolute Gasteiger partial charge is 0.410 e. The summed E-state index contributed by atoms with van der Waals surface area (Å²) in [4.78, 5) is 16.3. The lowest BCUT2D eigenvalue weighted by Crippen LogP contribution is -2.58. The van der Waals surface area contributed by atoms with Crippen LogP contribution in [0.15, 0.2) is 24.3 Å². The fraction of sp³-hybridized carbons (Fsp3) is 0.611. The van der Waals surface area contributed by atoms with Crippen molar-refractivity contribution in [3.63, 3.8) is 0 Å². The predicted molar refractivity (Wildman–Crippen MR) is 90.5 cm³/mol. The van der Waals surface area contributed by atoms with Crippen molar-refractivity contribution < 1.29 is 9.53 Å². The van der Waals surface area contributed by atoms with Gasteiger partial charge in [0, 0.05) is 18.8 Å². The summed E-state index contributed by atoms with van der Waals surface area (Å²) in [7, 11) is 0. The fourth-order valence-electron chi connectivity index (χ4n) is 3.16. The molecule has 1 amide bonds. The Hall–Kier alpha value is -1.71. The molecule has 1 aromatic carbocycles. The van der Waals surface area contributed by atoms with E-state index >= 15 is 0 Å². The molecule has 2 rings (SSSR count). The van der Waals surface area contributed by atoms with Crippen LogP contribution in [0.4, 0.5) is 10.5 Å². The van der Waals surface area contributed by atoms with Crippen molar-refractivity contribution in [2.45, 2.75) is 52.6 Å². The van der Waals surface area contributed by atoms with Crippen LogP contribution >= 0.6 is 0 Å². The maximum Gasteiger partial charge on any atom is 0.410 e. The highest BCUT2D eigenvalue weighted by atomic mass is 16.6. The summed E-state index contributed by atoms with van der Waals surface area (Å²) >= 11 is 0. The largest absolute Gasteiger partial charge is 0.450 e. The van der Waals surface area contributed by atoms with Gasteiger partial charge in [-0.25, -0.2) is 4.79 Å². The van der Waals surface area contributed by atoms with E-state index < -0.39 is 0 Å². The van der Waals surface area contributed by atoms with Crippen molar-refractivity contribution in [3.8, 4) is 0 Å². The lowest BCUT2D eigenvalue weighted by atomic mass is 10.0. The van der Waals surface area contributed by atoms with Crippen LogP contribution in [0, 0.1) is 0 Å². The van der Waals surface area contributed by atoms with Gasteiger partial charge < -0.3 is 9.64 Å². The van der Waals surface area contributed by atoms with E-state index in [9.17, 15) is 4.79 Å². The number of carbonyl (C=O) groups is 1. The highest BCUT2D eigenvalue weighted by molar-refractivity contribution is 5.69. The first-order valence-electron chi connectivity index (χ1n) is 8.24. The van der Waals surface area contributed by atoms with E-state index in [-0.39, 0.29) is 18.2 Å². The van der Waals surface area contributed by atoms with Crippen LogP contribution in [0.3, 0.4) is 0 Å². The molecule has 2 atom stereocenters. The Morgan fingerprint density at radius 1 is 1.18 bits per heavy atom. The van der Waals surface area contributed by atoms with Crippen LogP contribution in [0.5, 0.6) is 0 Å². The number of carbonyl (C=O) groups excluding carboxylic acids is 1. The molecule has 0 aromatic heterocycles. The Morgan fingerprint density at radius 3 is 2.18 bits per heavy atom. The molecule has 0 N–H and O–H groups in total. The molecule has 0 saturated carbocycles. The molecule has 1 saturated heterocycles. The van der Waals surface area contributed by atoms with E-state index in [1.807, 2.05) is 11.8 Å². The van der Waals surface area contributed by atoms with Gasteiger partial charge in [-0.3, -0.25) is 4.90 Å². The zero-order valence-corrected chi connectivity index (χ0v) is 14.4. The van der Waals surface area contributed by atoms with Crippen LogP contribution in [0.1, 0.15) is 46.1 Å². The third-order valence-corrected chi connectivity index (χ3v) is 4.32. The first-order valence-corrected chi connectivity index (χ1v) is 8.24. The second-order valence-corrected chi connectivity index (χ2v) is 6.46. The van der Waals surface area contributed by atoms with Crippen molar-refractivity contribution in [2.75, 3.05) is 24.6 Å². The number of hydrogen-bond acceptors (Lipinski definition) is 3. The van der Waals surface area contributed by atoms with Gasteiger partial charge in [-0.15, -0.1) is 0 Å². The second-order valence-electron chi connectivity index (χ2n) is 6.46. The minimum absolute atomic E-state index is 0.146. The van der Waals surface area contributed by atoms with Gasteiger partial charge in [0.2, 0.25) is 0 Å². The monoisotopic (exact) mass is 304 g/mol. The maximum absolute atomic E-state index is 12.1. The second kappa shape index (κ2) is 7.03. The lowest BCUT2D eigenvalue weighted by molar-refractivity contribution is 0.0698. The normalized spacial score (nSPS) is 22.1. The van der Waals surface area contributed by atoms with E-state index in [1.165, 1.54) is 11.3 Å². The minimum atomic E-state index is -0.197. The summed E-state index contributed by atoms with van der Waals surface area (Å²) in [5.41, 5.74) is 2.58. The standard InChI is InChI=1S/C18H28N2O2/c1-6-22-18(21)20-14(4)11-19(12-15(20)5)17-9-7-16(8-10-17)13(2)3/h7-10,13-15H,6,11-12H2,1-5H3/t14-,15-/m1/s1. The zero-order chi connectivity index (χ0) is 16.3. The van der Waals surface area contributed by atoms with Gasteiger partial charge in [0.15, 0.2) is 0 Å². The third kappa shape index (κ3) is 3.54. The molecule has 0 bridgehead atoms. The number of nitrogens with zero attached hydrogens (tertiary/aromatic N) is 2. The first-order chi connectivity index (χ1) is 10.4. The Bertz CT molecular complexity index is 486. The SMILES string of the molecule is CCOC(=O)N1[C@H](C)CN(c2ccc(C(C)C)cc2)C[C@H]1C. The Balaban J connectivity index is 2.08. The Labute approximate surface area is 134 Å². The fourth-order valence-corrected chi connectivity index (χ4v) is 3.16. The summed E-state index contributed by atoms with van der Waals surface area (Å²) in [6.45, 7) is 12.5. The average molecular weight is 304 g/mol. The highest BCUT2D eigenvalue weighted by Crippen LogP contribution is 2.25. The number of rotatable bonds is 3. The molecule has 0 unspecified atom stereocenters. The topological polar surface area (TPSA) is 32.8 Å². The molecule has 1 aromatic rings. The van der Waals surface area contributed by atoms with Gasteiger partial charge >= 0.3 is 6.09 Å². The van der Waals surface area contributed by atoms with Crippen LogP contribution in [-0.4, -0.2) is 42.8 Å². The number of hydrogen-bond donors (Lipinski definition) is 0. The maximum atomic E-state index is 12.1. The van der Waals surface area contributed by atoms with Crippen LogP contribution in [0.25, 0.3) is 0 Å². The molecule has 0 aliphatic carbocycles. The van der Waals surface area contributed by atoms with Crippen molar-refractivity contribution in [2.24, 2.45) is 0 Å². The minimum Gasteiger partial charge on any atom is -0.450 e. The first kappa shape index (κ1) is 16.7. The van der Waals surface area contributed by atoms with E-state index in [0.29, 0.717) is 12.5 Å². The van der Waals surface area contributed by atoms with Crippen molar-refractivity contribution >= 4 is 11.8 Å². The quantitative estimate of drug-likeness (QED) is 0.850. The molecule has 0 spiro atoms. The summed E-state index contributed by atoms with van der Waals surface area (Å²) in [5.74, 6) is 0.549. The molecule has 22 heavy (non-hydrogen) atoms. The van der Waals surface area contributed by atoms with Gasteiger partial charge in [0.1, 0.15) is 0 Å². The molecule has 122 valence electrons. The third-order valence-electron chi connectivity index (χ3n) is 4.32. The van der Waals surface area contributed by atoms with E-state index in [0.717, 1.165) is 13.1 Å². The predicted octanol–water partition coefficient (Wildman–Crippen LogP) is 3.87. The van der Waals surface area contributed by atoms with Crippen LogP contribution < -0.4 is 4.90 Å². The summed E-state index contributed by atoms with van der Waals surface area (Å²) in [6, 6.07) is 9.07. The number of piperazine rings is 1. The molecule has 0 radical (unpaired) electrons. The molecule has 1 heterocycles. The van der Waals surface area contributed by atoms with E-state index in [2.05, 4.69) is 56.9 Å². The Kier molecular flexibility index (Phi) is 5.33.